The van der Waals surface area contributed by atoms with Gasteiger partial charge >= 0.3 is 5.97 Å². The molecule has 1 N–H and O–H groups in total. The molecule has 230 valence electrons. The quantitative estimate of drug-likeness (QED) is 0.268. The Morgan fingerprint density at radius 1 is 0.977 bits per heavy atom. The van der Waals surface area contributed by atoms with Gasteiger partial charge in [0.2, 0.25) is 0 Å². The van der Waals surface area contributed by atoms with Crippen molar-refractivity contribution in [3.63, 3.8) is 0 Å². The number of nitrogens with zero attached hydrogens (tertiary/aromatic N) is 4. The topological polar surface area (TPSA) is 87.8 Å². The van der Waals surface area contributed by atoms with Gasteiger partial charge in [-0.1, -0.05) is 29.8 Å². The third kappa shape index (κ3) is 6.46. The van der Waals surface area contributed by atoms with E-state index in [4.69, 9.17) is 11.6 Å². The number of amides is 1. The van der Waals surface area contributed by atoms with Crippen molar-refractivity contribution in [1.82, 2.24) is 19.2 Å². The lowest BCUT2D eigenvalue weighted by Crippen LogP contribution is -2.47. The molecule has 0 spiro atoms. The van der Waals surface area contributed by atoms with E-state index in [1.54, 1.807) is 23.9 Å². The maximum absolute atomic E-state index is 14.3. The number of carboxylic acid groups (broad SMARTS) is 1. The fraction of sp³-hybridized carbons (Fsp3) is 0.303. The largest absolute Gasteiger partial charge is 0.478 e. The molecule has 11 heteroatoms. The smallest absolute Gasteiger partial charge is 0.335 e. The van der Waals surface area contributed by atoms with Crippen LogP contribution in [0.15, 0.2) is 71.5 Å². The third-order valence-electron chi connectivity index (χ3n) is 8.44. The summed E-state index contributed by atoms with van der Waals surface area (Å²) >= 11 is 6.08. The Morgan fingerprint density at radius 3 is 2.18 bits per heavy atom. The molecule has 3 aromatic carbocycles. The van der Waals surface area contributed by atoms with Gasteiger partial charge in [0.25, 0.3) is 11.5 Å². The number of rotatable bonds is 9. The number of aromatic carboxylic acids is 1. The first kappa shape index (κ1) is 31.2. The fourth-order valence-corrected chi connectivity index (χ4v) is 5.92. The first-order chi connectivity index (χ1) is 21.0. The molecule has 1 aliphatic rings. The molecule has 44 heavy (non-hydrogen) atoms. The molecule has 0 aliphatic carbocycles. The van der Waals surface area contributed by atoms with Crippen LogP contribution in [0.5, 0.6) is 0 Å². The Bertz CT molecular complexity index is 1710. The Labute approximate surface area is 258 Å². The van der Waals surface area contributed by atoms with Crippen molar-refractivity contribution in [1.29, 1.82) is 0 Å². The monoisotopic (exact) mass is 622 g/mol. The minimum atomic E-state index is -1.05. The van der Waals surface area contributed by atoms with E-state index < -0.39 is 29.1 Å². The maximum atomic E-state index is 14.3. The van der Waals surface area contributed by atoms with Gasteiger partial charge in [-0.05, 0) is 80.3 Å². The molecule has 0 bridgehead atoms. The minimum Gasteiger partial charge on any atom is -0.478 e. The molecular formula is C33H33ClF2N4O4. The van der Waals surface area contributed by atoms with Gasteiger partial charge in [0, 0.05) is 50.0 Å². The molecule has 0 unspecified atom stereocenters. The number of piperidine rings is 1. The van der Waals surface area contributed by atoms with Crippen molar-refractivity contribution in [2.24, 2.45) is 7.05 Å². The molecule has 1 amide bonds. The van der Waals surface area contributed by atoms with Crippen molar-refractivity contribution in [3.8, 4) is 5.69 Å². The number of hydrogen-bond donors (Lipinski definition) is 1. The first-order valence-electron chi connectivity index (χ1n) is 14.4. The van der Waals surface area contributed by atoms with E-state index in [2.05, 4.69) is 4.90 Å². The zero-order valence-electron chi connectivity index (χ0n) is 24.5. The van der Waals surface area contributed by atoms with Crippen LogP contribution in [0.25, 0.3) is 5.69 Å². The number of aromatic nitrogens is 2. The van der Waals surface area contributed by atoms with Gasteiger partial charge in [0.05, 0.1) is 16.8 Å². The normalized spacial score (nSPS) is 13.9. The number of hydrogen-bond acceptors (Lipinski definition) is 4. The number of carboxylic acids is 1. The molecule has 1 saturated heterocycles. The molecule has 5 rings (SSSR count). The van der Waals surface area contributed by atoms with Gasteiger partial charge in [-0.2, -0.15) is 0 Å². The zero-order valence-corrected chi connectivity index (χ0v) is 25.2. The van der Waals surface area contributed by atoms with Crippen LogP contribution in [0.3, 0.4) is 0 Å². The average molecular weight is 623 g/mol. The second-order valence-corrected chi connectivity index (χ2v) is 11.5. The second-order valence-electron chi connectivity index (χ2n) is 11.0. The van der Waals surface area contributed by atoms with Crippen LogP contribution in [0.2, 0.25) is 5.02 Å². The maximum Gasteiger partial charge on any atom is 0.335 e. The lowest BCUT2D eigenvalue weighted by atomic mass is 10.00. The van der Waals surface area contributed by atoms with Crippen molar-refractivity contribution < 1.29 is 23.5 Å². The van der Waals surface area contributed by atoms with Crippen LogP contribution in [0.4, 0.5) is 8.78 Å². The Morgan fingerprint density at radius 2 is 1.59 bits per heavy atom. The number of halogens is 3. The zero-order chi connectivity index (χ0) is 31.5. The molecule has 1 aliphatic heterocycles. The summed E-state index contributed by atoms with van der Waals surface area (Å²) in [6.07, 6.45) is 1.84. The molecule has 0 saturated carbocycles. The predicted molar refractivity (Wildman–Crippen MR) is 164 cm³/mol. The van der Waals surface area contributed by atoms with Gasteiger partial charge in [0.15, 0.2) is 0 Å². The summed E-state index contributed by atoms with van der Waals surface area (Å²) in [7, 11) is 1.79. The highest BCUT2D eigenvalue weighted by Gasteiger charge is 2.31. The Hall–Kier alpha value is -4.28. The van der Waals surface area contributed by atoms with E-state index in [0.717, 1.165) is 23.4 Å². The number of benzene rings is 3. The summed E-state index contributed by atoms with van der Waals surface area (Å²) < 4.78 is 31.9. The predicted octanol–water partition coefficient (Wildman–Crippen LogP) is 5.46. The van der Waals surface area contributed by atoms with Crippen LogP contribution in [0, 0.1) is 18.6 Å². The number of carbonyl (C=O) groups excluding carboxylic acids is 1. The summed E-state index contributed by atoms with van der Waals surface area (Å²) in [6.45, 7) is 3.50. The minimum absolute atomic E-state index is 0.0131. The lowest BCUT2D eigenvalue weighted by molar-refractivity contribution is 0.0598. The van der Waals surface area contributed by atoms with Crippen molar-refractivity contribution in [2.45, 2.75) is 38.8 Å². The molecule has 2 heterocycles. The Balaban J connectivity index is 1.39. The number of carbonyl (C=O) groups is 2. The molecule has 0 atom stereocenters. The van der Waals surface area contributed by atoms with Crippen LogP contribution >= 0.6 is 11.6 Å². The highest BCUT2D eigenvalue weighted by atomic mass is 35.5. The third-order valence-corrected chi connectivity index (χ3v) is 8.69. The summed E-state index contributed by atoms with van der Waals surface area (Å²) in [5.74, 6) is -3.47. The molecule has 4 aromatic rings. The van der Waals surface area contributed by atoms with Crippen LogP contribution in [-0.4, -0.2) is 61.8 Å². The lowest BCUT2D eigenvalue weighted by Gasteiger charge is -2.38. The van der Waals surface area contributed by atoms with E-state index in [0.29, 0.717) is 61.7 Å². The molecule has 0 radical (unpaired) electrons. The molecular weight excluding hydrogens is 590 g/mol. The van der Waals surface area contributed by atoms with Crippen molar-refractivity contribution >= 4 is 23.5 Å². The van der Waals surface area contributed by atoms with Crippen LogP contribution < -0.4 is 5.56 Å². The van der Waals surface area contributed by atoms with Crippen LogP contribution in [0.1, 0.15) is 50.4 Å². The first-order valence-corrected chi connectivity index (χ1v) is 14.8. The fourth-order valence-electron chi connectivity index (χ4n) is 5.79. The van der Waals surface area contributed by atoms with E-state index >= 15 is 0 Å². The van der Waals surface area contributed by atoms with Gasteiger partial charge in [-0.15, -0.1) is 0 Å². The summed E-state index contributed by atoms with van der Waals surface area (Å²) in [5.41, 5.74) is 2.41. The van der Waals surface area contributed by atoms with E-state index in [9.17, 15) is 28.3 Å². The summed E-state index contributed by atoms with van der Waals surface area (Å²) in [6, 6.07) is 17.2. The highest BCUT2D eigenvalue weighted by molar-refractivity contribution is 6.30. The summed E-state index contributed by atoms with van der Waals surface area (Å²) in [4.78, 5) is 41.8. The molecule has 1 fully saturated rings. The average Bonchev–Trinajstić information content (AvgIpc) is 3.22. The standard InChI is InChI=1S/C33H33ClF2N4O4/c1-21-27(31(41)40(37(21)2)26-12-8-23(9-13-26)33(43)44)20-39(17-14-22-6-10-24(34)11-7-22)25-15-18-38(19-16-25)32(42)30-28(35)4-3-5-29(30)36/h3-13,25H,14-20H2,1-2H3,(H,43,44). The highest BCUT2D eigenvalue weighted by Crippen LogP contribution is 2.24. The second kappa shape index (κ2) is 13.2. The van der Waals surface area contributed by atoms with Gasteiger partial charge in [0.1, 0.15) is 17.2 Å². The van der Waals surface area contributed by atoms with E-state index in [1.165, 1.54) is 27.8 Å². The number of likely N-dealkylation sites (tertiary alicyclic amines) is 1. The van der Waals surface area contributed by atoms with Gasteiger partial charge in [-0.3, -0.25) is 19.2 Å². The molecule has 8 nitrogen and oxygen atoms in total. The van der Waals surface area contributed by atoms with E-state index in [1.807, 2.05) is 31.2 Å². The van der Waals surface area contributed by atoms with Gasteiger partial charge < -0.3 is 10.0 Å². The SMILES string of the molecule is Cc1c(CN(CCc2ccc(Cl)cc2)C2CCN(C(=O)c3c(F)cccc3F)CC2)c(=O)n(-c2ccc(C(=O)O)cc2)n1C. The van der Waals surface area contributed by atoms with Crippen LogP contribution in [-0.2, 0) is 20.0 Å². The Kier molecular flexibility index (Phi) is 9.31. The van der Waals surface area contributed by atoms with Crippen molar-refractivity contribution in [2.75, 3.05) is 19.6 Å². The van der Waals surface area contributed by atoms with E-state index in [-0.39, 0.29) is 17.2 Å². The molecule has 1 aromatic heterocycles. The van der Waals surface area contributed by atoms with Gasteiger partial charge in [-0.25, -0.2) is 18.3 Å². The summed E-state index contributed by atoms with van der Waals surface area (Å²) in [5, 5.41) is 9.91. The van der Waals surface area contributed by atoms with Crippen molar-refractivity contribution in [3.05, 3.63) is 122 Å².